The van der Waals surface area contributed by atoms with Crippen LogP contribution in [-0.2, 0) is 6.42 Å². The zero-order valence-corrected chi connectivity index (χ0v) is 11.7. The van der Waals surface area contributed by atoms with E-state index in [1.165, 1.54) is 44.1 Å². The van der Waals surface area contributed by atoms with Crippen LogP contribution in [0.2, 0.25) is 0 Å². The molecule has 0 saturated heterocycles. The van der Waals surface area contributed by atoms with Gasteiger partial charge in [-0.05, 0) is 17.9 Å². The predicted octanol–water partition coefficient (Wildman–Crippen LogP) is 5.50. The van der Waals surface area contributed by atoms with Crippen molar-refractivity contribution in [3.05, 3.63) is 72.3 Å². The predicted molar refractivity (Wildman–Crippen MR) is 83.2 cm³/mol. The van der Waals surface area contributed by atoms with Crippen LogP contribution in [0.3, 0.4) is 0 Å². The highest BCUT2D eigenvalue weighted by Gasteiger charge is 2.13. The fourth-order valence-electron chi connectivity index (χ4n) is 2.72. The SMILES string of the molecule is c1ccc(CC2CCCCC2)cc1.c1ccccc1. The lowest BCUT2D eigenvalue weighted by Crippen LogP contribution is -2.08. The average molecular weight is 252 g/mol. The normalized spacial score (nSPS) is 15.4. The largest absolute Gasteiger partial charge is 0.0623 e. The van der Waals surface area contributed by atoms with Gasteiger partial charge >= 0.3 is 0 Å². The van der Waals surface area contributed by atoms with Gasteiger partial charge in [0.2, 0.25) is 0 Å². The minimum atomic E-state index is 0.969. The van der Waals surface area contributed by atoms with Crippen LogP contribution in [-0.4, -0.2) is 0 Å². The van der Waals surface area contributed by atoms with E-state index in [1.807, 2.05) is 36.4 Å². The first-order valence-electron chi connectivity index (χ1n) is 7.49. The molecule has 1 aliphatic carbocycles. The molecule has 0 bridgehead atoms. The third-order valence-corrected chi connectivity index (χ3v) is 3.76. The van der Waals surface area contributed by atoms with Gasteiger partial charge < -0.3 is 0 Å². The van der Waals surface area contributed by atoms with Gasteiger partial charge in [-0.1, -0.05) is 98.8 Å². The molecule has 0 heterocycles. The van der Waals surface area contributed by atoms with Gasteiger partial charge in [0, 0.05) is 0 Å². The Balaban J connectivity index is 0.000000186. The Morgan fingerprint density at radius 2 is 1.11 bits per heavy atom. The summed E-state index contributed by atoms with van der Waals surface area (Å²) < 4.78 is 0. The van der Waals surface area contributed by atoms with Crippen molar-refractivity contribution < 1.29 is 0 Å². The van der Waals surface area contributed by atoms with Crippen LogP contribution in [0.25, 0.3) is 0 Å². The van der Waals surface area contributed by atoms with Crippen molar-refractivity contribution in [1.29, 1.82) is 0 Å². The van der Waals surface area contributed by atoms with Gasteiger partial charge in [0.25, 0.3) is 0 Å². The Bertz CT molecular complexity index is 386. The maximum absolute atomic E-state index is 2.26. The maximum atomic E-state index is 2.26. The first-order valence-corrected chi connectivity index (χ1v) is 7.49. The Morgan fingerprint density at radius 3 is 1.63 bits per heavy atom. The lowest BCUT2D eigenvalue weighted by molar-refractivity contribution is 0.356. The summed E-state index contributed by atoms with van der Waals surface area (Å²) in [6, 6.07) is 22.9. The van der Waals surface area contributed by atoms with Gasteiger partial charge in [-0.3, -0.25) is 0 Å². The quantitative estimate of drug-likeness (QED) is 0.662. The van der Waals surface area contributed by atoms with E-state index in [9.17, 15) is 0 Å². The topological polar surface area (TPSA) is 0 Å². The van der Waals surface area contributed by atoms with Gasteiger partial charge in [-0.2, -0.15) is 0 Å². The van der Waals surface area contributed by atoms with Crippen LogP contribution in [0.4, 0.5) is 0 Å². The van der Waals surface area contributed by atoms with Gasteiger partial charge in [0.15, 0.2) is 0 Å². The highest BCUT2D eigenvalue weighted by molar-refractivity contribution is 5.15. The molecule has 2 aromatic rings. The van der Waals surface area contributed by atoms with Crippen LogP contribution in [0.15, 0.2) is 66.7 Å². The van der Waals surface area contributed by atoms with E-state index in [0.29, 0.717) is 0 Å². The molecular formula is C19H24. The molecule has 0 aromatic heterocycles. The molecule has 100 valence electrons. The van der Waals surface area contributed by atoms with Gasteiger partial charge in [0.1, 0.15) is 0 Å². The molecular weight excluding hydrogens is 228 g/mol. The van der Waals surface area contributed by atoms with E-state index in [2.05, 4.69) is 30.3 Å². The highest BCUT2D eigenvalue weighted by Crippen LogP contribution is 2.26. The number of hydrogen-bond donors (Lipinski definition) is 0. The molecule has 0 heteroatoms. The van der Waals surface area contributed by atoms with E-state index >= 15 is 0 Å². The van der Waals surface area contributed by atoms with Crippen LogP contribution in [0.5, 0.6) is 0 Å². The van der Waals surface area contributed by atoms with E-state index in [4.69, 9.17) is 0 Å². The molecule has 0 amide bonds. The standard InChI is InChI=1S/C13H18.C6H6/c1-3-7-12(8-4-1)11-13-9-5-2-6-10-13;1-2-4-6-5-3-1/h1,3-4,7-8,13H,2,5-6,9-11H2;1-6H. The van der Waals surface area contributed by atoms with E-state index in [-0.39, 0.29) is 0 Å². The van der Waals surface area contributed by atoms with Gasteiger partial charge in [-0.25, -0.2) is 0 Å². The summed E-state index contributed by atoms with van der Waals surface area (Å²) in [6.07, 6.45) is 8.59. The Labute approximate surface area is 117 Å². The summed E-state index contributed by atoms with van der Waals surface area (Å²) in [6.45, 7) is 0. The summed E-state index contributed by atoms with van der Waals surface area (Å²) in [7, 11) is 0. The maximum Gasteiger partial charge on any atom is -0.0250 e. The van der Waals surface area contributed by atoms with Gasteiger partial charge in [-0.15, -0.1) is 0 Å². The van der Waals surface area contributed by atoms with Crippen molar-refractivity contribution in [3.63, 3.8) is 0 Å². The van der Waals surface area contributed by atoms with Gasteiger partial charge in [0.05, 0.1) is 0 Å². The molecule has 1 aliphatic rings. The second-order valence-electron chi connectivity index (χ2n) is 5.35. The van der Waals surface area contributed by atoms with Crippen molar-refractivity contribution in [1.82, 2.24) is 0 Å². The molecule has 0 nitrogen and oxygen atoms in total. The van der Waals surface area contributed by atoms with Crippen molar-refractivity contribution in [3.8, 4) is 0 Å². The number of benzene rings is 2. The van der Waals surface area contributed by atoms with E-state index in [1.54, 1.807) is 0 Å². The molecule has 1 saturated carbocycles. The molecule has 2 aromatic carbocycles. The van der Waals surface area contributed by atoms with E-state index in [0.717, 1.165) is 5.92 Å². The van der Waals surface area contributed by atoms with Crippen LogP contribution in [0.1, 0.15) is 37.7 Å². The first kappa shape index (κ1) is 13.9. The second kappa shape index (κ2) is 8.53. The molecule has 0 unspecified atom stereocenters. The molecule has 0 atom stereocenters. The summed E-state index contributed by atoms with van der Waals surface area (Å²) in [5.74, 6) is 0.969. The number of hydrogen-bond acceptors (Lipinski definition) is 0. The molecule has 19 heavy (non-hydrogen) atoms. The van der Waals surface area contributed by atoms with E-state index < -0.39 is 0 Å². The van der Waals surface area contributed by atoms with Crippen LogP contribution < -0.4 is 0 Å². The summed E-state index contributed by atoms with van der Waals surface area (Å²) in [4.78, 5) is 0. The van der Waals surface area contributed by atoms with Crippen molar-refractivity contribution in [2.75, 3.05) is 0 Å². The summed E-state index contributed by atoms with van der Waals surface area (Å²) >= 11 is 0. The Morgan fingerprint density at radius 1 is 0.632 bits per heavy atom. The minimum absolute atomic E-state index is 0.969. The first-order chi connectivity index (χ1) is 9.45. The van der Waals surface area contributed by atoms with Crippen molar-refractivity contribution >= 4 is 0 Å². The highest BCUT2D eigenvalue weighted by atomic mass is 14.2. The Hall–Kier alpha value is -1.56. The zero-order valence-electron chi connectivity index (χ0n) is 11.7. The zero-order chi connectivity index (χ0) is 13.2. The summed E-state index contributed by atoms with van der Waals surface area (Å²) in [5, 5.41) is 0. The third kappa shape index (κ3) is 5.74. The molecule has 0 N–H and O–H groups in total. The van der Waals surface area contributed by atoms with Crippen LogP contribution >= 0.6 is 0 Å². The summed E-state index contributed by atoms with van der Waals surface area (Å²) in [5.41, 5.74) is 1.52. The smallest absolute Gasteiger partial charge is 0.0250 e. The lowest BCUT2D eigenvalue weighted by Gasteiger charge is -2.21. The van der Waals surface area contributed by atoms with Crippen molar-refractivity contribution in [2.24, 2.45) is 5.92 Å². The monoisotopic (exact) mass is 252 g/mol. The average Bonchev–Trinajstić information content (AvgIpc) is 2.52. The number of rotatable bonds is 2. The molecule has 3 rings (SSSR count). The Kier molecular flexibility index (Phi) is 6.22. The fraction of sp³-hybridized carbons (Fsp3) is 0.368. The molecule has 0 spiro atoms. The fourth-order valence-corrected chi connectivity index (χ4v) is 2.72. The molecule has 0 radical (unpaired) electrons. The third-order valence-electron chi connectivity index (χ3n) is 3.76. The molecule has 1 fully saturated rings. The lowest BCUT2D eigenvalue weighted by atomic mass is 9.85. The second-order valence-corrected chi connectivity index (χ2v) is 5.35. The minimum Gasteiger partial charge on any atom is -0.0623 e. The molecule has 0 aliphatic heterocycles. The van der Waals surface area contributed by atoms with Crippen molar-refractivity contribution in [2.45, 2.75) is 38.5 Å². The van der Waals surface area contributed by atoms with Crippen LogP contribution in [0, 0.1) is 5.92 Å².